The van der Waals surface area contributed by atoms with Crippen LogP contribution in [0.4, 0.5) is 4.79 Å². The van der Waals surface area contributed by atoms with Crippen LogP contribution in [0.2, 0.25) is 0 Å². The van der Waals surface area contributed by atoms with Gasteiger partial charge in [0.15, 0.2) is 0 Å². The normalized spacial score (nSPS) is 7.50. The number of hydrogen-bond acceptors (Lipinski definition) is 7. The van der Waals surface area contributed by atoms with Gasteiger partial charge in [0.2, 0.25) is 0 Å². The number of nitrogens with two attached hydrogens (primary N) is 1. The predicted octanol–water partition coefficient (Wildman–Crippen LogP) is 3.34. The summed E-state index contributed by atoms with van der Waals surface area (Å²) in [5.41, 5.74) is 5.42. The molecule has 0 fully saturated rings. The number of rotatable bonds is 6. The van der Waals surface area contributed by atoms with E-state index in [0.717, 1.165) is 0 Å². The molecule has 0 aliphatic rings. The summed E-state index contributed by atoms with van der Waals surface area (Å²) in [4.78, 5) is 57.6. The lowest BCUT2D eigenvalue weighted by Crippen LogP contribution is -2.11. The van der Waals surface area contributed by atoms with Gasteiger partial charge in [-0.2, -0.15) is 0 Å². The minimum Gasteiger partial charge on any atom is -0.478 e. The lowest BCUT2D eigenvalue weighted by atomic mass is 10.4. The summed E-state index contributed by atoms with van der Waals surface area (Å²) in [6.45, 7) is 25.1. The number of amides is 1. The summed E-state index contributed by atoms with van der Waals surface area (Å²) in [5.74, 6) is -4.68. The second-order valence-corrected chi connectivity index (χ2v) is 6.18. The molecule has 0 atom stereocenters. The highest BCUT2D eigenvalue weighted by atomic mass is 16.5. The average Bonchev–Trinajstić information content (AvgIpc) is 2.69. The summed E-state index contributed by atoms with van der Waals surface area (Å²) >= 11 is 0. The molecule has 0 saturated heterocycles. The van der Waals surface area contributed by atoms with Crippen molar-refractivity contribution in [3.8, 4) is 0 Å². The van der Waals surface area contributed by atoms with Crippen LogP contribution in [0, 0.1) is 0 Å². The fourth-order valence-electron chi connectivity index (χ4n) is 0.142. The van der Waals surface area contributed by atoms with Crippen LogP contribution in [0.5, 0.6) is 0 Å². The number of carbonyl (C=O) groups excluding carboxylic acids is 1. The monoisotopic (exact) mass is 519 g/mol. The number of carboxylic acid groups (broad SMARTS) is 5. The molecular weight excluding hydrogens is 482 g/mol. The third kappa shape index (κ3) is 70.1. The van der Waals surface area contributed by atoms with Crippen LogP contribution in [0.1, 0.15) is 41.5 Å². The van der Waals surface area contributed by atoms with Crippen LogP contribution in [0.25, 0.3) is 0 Å². The number of carboxylic acids is 5. The molecule has 36 heavy (non-hydrogen) atoms. The molecule has 0 unspecified atom stereocenters. The van der Waals surface area contributed by atoms with Gasteiger partial charge >= 0.3 is 35.9 Å². The highest BCUT2D eigenvalue weighted by Gasteiger charge is 1.92. The molecule has 0 bridgehead atoms. The molecule has 0 radical (unpaired) electrons. The maximum absolute atomic E-state index is 9.60. The first-order chi connectivity index (χ1) is 16.0. The lowest BCUT2D eigenvalue weighted by molar-refractivity contribution is -0.133. The zero-order valence-corrected chi connectivity index (χ0v) is 21.4. The Hall–Kier alpha value is -4.68. The average molecular weight is 520 g/mol. The smallest absolute Gasteiger partial charge is 0.404 e. The van der Waals surface area contributed by atoms with E-state index in [1.54, 1.807) is 6.92 Å². The van der Waals surface area contributed by atoms with Gasteiger partial charge in [-0.25, -0.2) is 28.8 Å². The van der Waals surface area contributed by atoms with E-state index in [4.69, 9.17) is 25.5 Å². The van der Waals surface area contributed by atoms with Gasteiger partial charge in [0.25, 0.3) is 0 Å². The largest absolute Gasteiger partial charge is 0.478 e. The zero-order chi connectivity index (χ0) is 30.8. The van der Waals surface area contributed by atoms with Gasteiger partial charge in [-0.3, -0.25) is 0 Å². The van der Waals surface area contributed by atoms with Crippen molar-refractivity contribution in [2.45, 2.75) is 41.5 Å². The molecule has 0 aromatic heterocycles. The summed E-state index contributed by atoms with van der Waals surface area (Å²) in [6, 6.07) is 0. The fourth-order valence-corrected chi connectivity index (χ4v) is 0.142. The fraction of sp³-hybridized carbons (Fsp3) is 0.304. The molecule has 0 spiro atoms. The second kappa shape index (κ2) is 28.4. The Morgan fingerprint density at radius 2 is 0.639 bits per heavy atom. The first kappa shape index (κ1) is 44.9. The number of carbonyl (C=O) groups is 6. The molecule has 13 nitrogen and oxygen atoms in total. The Labute approximate surface area is 210 Å². The maximum Gasteiger partial charge on any atom is 0.404 e. The molecule has 7 N–H and O–H groups in total. The molecule has 206 valence electrons. The van der Waals surface area contributed by atoms with Crippen molar-refractivity contribution in [2.24, 2.45) is 5.73 Å². The Balaban J connectivity index is -0.0000000750. The first-order valence-electron chi connectivity index (χ1n) is 9.35. The van der Waals surface area contributed by atoms with E-state index in [-0.39, 0.29) is 27.9 Å². The Morgan fingerprint density at radius 1 is 0.528 bits per heavy atom. The van der Waals surface area contributed by atoms with Crippen molar-refractivity contribution < 1.29 is 59.0 Å². The third-order valence-corrected chi connectivity index (χ3v) is 2.11. The number of primary amides is 1. The van der Waals surface area contributed by atoms with Crippen LogP contribution >= 0.6 is 0 Å². The van der Waals surface area contributed by atoms with E-state index in [0.29, 0.717) is 6.61 Å². The summed E-state index contributed by atoms with van der Waals surface area (Å²) in [6.07, 6.45) is -0.711. The highest BCUT2D eigenvalue weighted by Crippen LogP contribution is 1.83. The van der Waals surface area contributed by atoms with Gasteiger partial charge < -0.3 is 36.0 Å². The molecule has 0 aromatic carbocycles. The summed E-state index contributed by atoms with van der Waals surface area (Å²) in [5, 5.41) is 39.5. The van der Waals surface area contributed by atoms with Crippen molar-refractivity contribution in [2.75, 3.05) is 6.61 Å². The van der Waals surface area contributed by atoms with Crippen LogP contribution in [0.15, 0.2) is 60.8 Å². The van der Waals surface area contributed by atoms with Crippen LogP contribution in [-0.2, 0) is 28.7 Å². The van der Waals surface area contributed by atoms with Crippen molar-refractivity contribution >= 4 is 35.9 Å². The van der Waals surface area contributed by atoms with Gasteiger partial charge in [-0.1, -0.05) is 32.9 Å². The van der Waals surface area contributed by atoms with Crippen LogP contribution in [0.3, 0.4) is 0 Å². The molecular formula is C23H37NO12. The maximum atomic E-state index is 9.60. The van der Waals surface area contributed by atoms with Gasteiger partial charge in [0.1, 0.15) is 0 Å². The molecule has 1 amide bonds. The second-order valence-electron chi connectivity index (χ2n) is 6.18. The van der Waals surface area contributed by atoms with Crippen molar-refractivity contribution in [1.82, 2.24) is 0 Å². The van der Waals surface area contributed by atoms with Crippen LogP contribution < -0.4 is 5.73 Å². The summed E-state index contributed by atoms with van der Waals surface area (Å²) in [7, 11) is 0. The van der Waals surface area contributed by atoms with Crippen molar-refractivity contribution in [3.63, 3.8) is 0 Å². The predicted molar refractivity (Wildman–Crippen MR) is 133 cm³/mol. The standard InChI is InChI=1S/5C4H6O2.C3H7NO2/c5*1-3(2)4(5)6;1-2-6-3(4)5/h5*1H2,2H3,(H,5,6);2H2,1H3,(H2,4,5). The van der Waals surface area contributed by atoms with E-state index in [2.05, 4.69) is 43.4 Å². The lowest BCUT2D eigenvalue weighted by Gasteiger charge is -1.89. The van der Waals surface area contributed by atoms with E-state index < -0.39 is 35.9 Å². The van der Waals surface area contributed by atoms with Gasteiger partial charge in [-0.05, 0) is 41.5 Å². The molecule has 0 aliphatic carbocycles. The summed E-state index contributed by atoms with van der Waals surface area (Å²) < 4.78 is 4.18. The first-order valence-corrected chi connectivity index (χ1v) is 9.35. The van der Waals surface area contributed by atoms with E-state index in [9.17, 15) is 28.8 Å². The van der Waals surface area contributed by atoms with Crippen LogP contribution in [-0.4, -0.2) is 68.1 Å². The third-order valence-electron chi connectivity index (χ3n) is 2.11. The van der Waals surface area contributed by atoms with E-state index >= 15 is 0 Å². The quantitative estimate of drug-likeness (QED) is 0.277. The molecule has 0 aromatic rings. The van der Waals surface area contributed by atoms with E-state index in [1.807, 2.05) is 0 Å². The topological polar surface area (TPSA) is 239 Å². The minimum atomic E-state index is -0.935. The van der Waals surface area contributed by atoms with Crippen molar-refractivity contribution in [1.29, 1.82) is 0 Å². The van der Waals surface area contributed by atoms with Gasteiger partial charge in [0, 0.05) is 27.9 Å². The molecule has 13 heteroatoms. The Kier molecular flexibility index (Phi) is 35.4. The Bertz CT molecular complexity index is 624. The molecule has 0 rings (SSSR count). The number of aliphatic carboxylic acids is 5. The molecule has 0 heterocycles. The van der Waals surface area contributed by atoms with Gasteiger partial charge in [0.05, 0.1) is 6.61 Å². The number of hydrogen-bond donors (Lipinski definition) is 6. The highest BCUT2D eigenvalue weighted by molar-refractivity contribution is 5.86. The zero-order valence-electron chi connectivity index (χ0n) is 21.4. The molecule has 0 aliphatic heterocycles. The molecule has 0 saturated carbocycles. The number of ether oxygens (including phenoxy) is 1. The SMILES string of the molecule is C=C(C)C(=O)O.C=C(C)C(=O)O.C=C(C)C(=O)O.C=C(C)C(=O)O.C=C(C)C(=O)O.CCOC(N)=O. The minimum absolute atomic E-state index is 0.176. The van der Waals surface area contributed by atoms with Gasteiger partial charge in [-0.15, -0.1) is 0 Å². The van der Waals surface area contributed by atoms with E-state index in [1.165, 1.54) is 34.6 Å². The Morgan fingerprint density at radius 3 is 0.639 bits per heavy atom. The van der Waals surface area contributed by atoms with Crippen molar-refractivity contribution in [3.05, 3.63) is 60.8 Å².